The van der Waals surface area contributed by atoms with E-state index in [1.807, 2.05) is 58.9 Å². The third kappa shape index (κ3) is 8.64. The number of aryl methyl sites for hydroxylation is 2. The van der Waals surface area contributed by atoms with Crippen LogP contribution in [-0.2, 0) is 51.2 Å². The van der Waals surface area contributed by atoms with Gasteiger partial charge in [-0.2, -0.15) is 0 Å². The lowest BCUT2D eigenvalue weighted by Crippen LogP contribution is -2.54. The van der Waals surface area contributed by atoms with Crippen molar-refractivity contribution in [2.45, 2.75) is 116 Å². The number of hydrogen-bond donors (Lipinski definition) is 0. The Bertz CT molecular complexity index is 2560. The van der Waals surface area contributed by atoms with Crippen molar-refractivity contribution in [2.75, 3.05) is 0 Å². The highest BCUT2D eigenvalue weighted by Gasteiger charge is 2.53. The van der Waals surface area contributed by atoms with Crippen LogP contribution < -0.4 is 10.4 Å². The second-order valence-corrected chi connectivity index (χ2v) is 17.3. The van der Waals surface area contributed by atoms with Gasteiger partial charge in [0.05, 0.1) is 12.0 Å². The molecule has 1 aromatic heterocycles. The zero-order valence-corrected chi connectivity index (χ0v) is 34.7. The SMILES string of the molecule is CC(C)=C1CCc2ccc3c(c2)CC#CCC2(C)Oc4ccc5cc(C(C)C)c(=O)oc5c4C(OC(=O)CC(CCc4cccc(Cc5ccccc5)c4)C3)C2OC1=O. The average Bonchev–Trinajstić information content (AvgIpc) is 3.20. The fourth-order valence-electron chi connectivity index (χ4n) is 8.91. The van der Waals surface area contributed by atoms with Crippen LogP contribution in [0.2, 0.25) is 0 Å². The van der Waals surface area contributed by atoms with Crippen LogP contribution in [0.5, 0.6) is 5.75 Å². The second kappa shape index (κ2) is 16.8. The lowest BCUT2D eigenvalue weighted by molar-refractivity contribution is -0.190. The summed E-state index contributed by atoms with van der Waals surface area (Å²) in [7, 11) is 0. The molecule has 5 bridgehead atoms. The fraction of sp³-hybridized carbons (Fsp3) is 0.365. The summed E-state index contributed by atoms with van der Waals surface area (Å²) in [5, 5.41) is 0.662. The first-order valence-electron chi connectivity index (χ1n) is 21.0. The number of esters is 2. The molecular weight excluding hydrogens is 737 g/mol. The molecule has 0 spiro atoms. The van der Waals surface area contributed by atoms with E-state index in [0.29, 0.717) is 53.5 Å². The Morgan fingerprint density at radius 2 is 1.61 bits per heavy atom. The summed E-state index contributed by atoms with van der Waals surface area (Å²) in [5.41, 5.74) is 8.00. The Balaban J connectivity index is 1.23. The van der Waals surface area contributed by atoms with Crippen LogP contribution in [0.3, 0.4) is 0 Å². The minimum absolute atomic E-state index is 0.0696. The van der Waals surface area contributed by atoms with E-state index in [4.69, 9.17) is 18.6 Å². The highest BCUT2D eigenvalue weighted by molar-refractivity contribution is 5.90. The molecule has 5 aromatic rings. The van der Waals surface area contributed by atoms with E-state index in [2.05, 4.69) is 78.6 Å². The van der Waals surface area contributed by atoms with Gasteiger partial charge in [0.25, 0.3) is 0 Å². The summed E-state index contributed by atoms with van der Waals surface area (Å²) >= 11 is 0. The Morgan fingerprint density at radius 1 is 0.814 bits per heavy atom. The maximum absolute atomic E-state index is 14.6. The van der Waals surface area contributed by atoms with Crippen molar-refractivity contribution in [1.82, 2.24) is 0 Å². The van der Waals surface area contributed by atoms with Gasteiger partial charge < -0.3 is 18.6 Å². The predicted molar refractivity (Wildman–Crippen MR) is 229 cm³/mol. The Morgan fingerprint density at radius 3 is 2.41 bits per heavy atom. The van der Waals surface area contributed by atoms with E-state index in [1.54, 1.807) is 0 Å². The number of ether oxygens (including phenoxy) is 3. The molecule has 4 aromatic carbocycles. The third-order valence-electron chi connectivity index (χ3n) is 12.2. The first-order chi connectivity index (χ1) is 28.4. The molecule has 3 aliphatic heterocycles. The second-order valence-electron chi connectivity index (χ2n) is 17.3. The molecule has 7 heteroatoms. The van der Waals surface area contributed by atoms with Crippen molar-refractivity contribution >= 4 is 22.9 Å². The molecule has 4 unspecified atom stereocenters. The monoisotopic (exact) mass is 788 g/mol. The average molecular weight is 789 g/mol. The first-order valence-corrected chi connectivity index (χ1v) is 21.0. The summed E-state index contributed by atoms with van der Waals surface area (Å²) in [6, 6.07) is 31.2. The van der Waals surface area contributed by atoms with Crippen molar-refractivity contribution in [1.29, 1.82) is 0 Å². The summed E-state index contributed by atoms with van der Waals surface area (Å²) in [6.45, 7) is 9.56. The quantitative estimate of drug-likeness (QED) is 0.0732. The maximum atomic E-state index is 14.6. The van der Waals surface area contributed by atoms with Gasteiger partial charge >= 0.3 is 17.6 Å². The summed E-state index contributed by atoms with van der Waals surface area (Å²) in [4.78, 5) is 42.4. The van der Waals surface area contributed by atoms with E-state index in [0.717, 1.165) is 41.5 Å². The Labute approximate surface area is 346 Å². The Kier molecular flexibility index (Phi) is 11.4. The predicted octanol–water partition coefficient (Wildman–Crippen LogP) is 10.3. The largest absolute Gasteiger partial charge is 0.482 e. The minimum atomic E-state index is -1.22. The highest BCUT2D eigenvalue weighted by Crippen LogP contribution is 2.48. The number of benzene rings is 4. The molecule has 0 amide bonds. The molecule has 0 aliphatic carbocycles. The van der Waals surface area contributed by atoms with Crippen LogP contribution >= 0.6 is 0 Å². The molecular formula is C52H52O7. The van der Waals surface area contributed by atoms with E-state index < -0.39 is 35.4 Å². The molecule has 0 N–H and O–H groups in total. The van der Waals surface area contributed by atoms with Crippen molar-refractivity contribution in [3.63, 3.8) is 0 Å². The number of allylic oxidation sites excluding steroid dienone is 1. The molecule has 8 rings (SSSR count). The minimum Gasteiger partial charge on any atom is -0.482 e. The van der Waals surface area contributed by atoms with Gasteiger partial charge in [-0.05, 0) is 123 Å². The summed E-state index contributed by atoms with van der Waals surface area (Å²) < 4.78 is 26.0. The van der Waals surface area contributed by atoms with Gasteiger partial charge in [-0.15, -0.1) is 0 Å². The topological polar surface area (TPSA) is 92.0 Å². The van der Waals surface area contributed by atoms with Crippen LogP contribution in [0.1, 0.15) is 117 Å². The molecule has 0 fully saturated rings. The Hall–Kier alpha value is -5.87. The fourth-order valence-corrected chi connectivity index (χ4v) is 8.91. The van der Waals surface area contributed by atoms with Crippen LogP contribution in [0, 0.1) is 17.8 Å². The summed E-state index contributed by atoms with van der Waals surface area (Å²) in [6.07, 6.45) is 2.77. The molecule has 0 saturated heterocycles. The first kappa shape index (κ1) is 39.9. The number of rotatable bonds is 6. The van der Waals surface area contributed by atoms with Crippen molar-refractivity contribution < 1.29 is 28.2 Å². The van der Waals surface area contributed by atoms with Crippen LogP contribution in [-0.4, -0.2) is 23.6 Å². The van der Waals surface area contributed by atoms with Gasteiger partial charge in [-0.3, -0.25) is 4.79 Å². The van der Waals surface area contributed by atoms with Gasteiger partial charge in [0.2, 0.25) is 0 Å². The van der Waals surface area contributed by atoms with Crippen molar-refractivity contribution in [3.8, 4) is 17.6 Å². The number of carbonyl (C=O) groups excluding carboxylic acids is 2. The molecule has 0 radical (unpaired) electrons. The zero-order valence-electron chi connectivity index (χ0n) is 34.7. The third-order valence-corrected chi connectivity index (χ3v) is 12.2. The molecule has 7 nitrogen and oxygen atoms in total. The normalized spacial score (nSPS) is 21.7. The van der Waals surface area contributed by atoms with Gasteiger partial charge in [-0.1, -0.05) is 104 Å². The summed E-state index contributed by atoms with van der Waals surface area (Å²) in [5.74, 6) is 6.12. The van der Waals surface area contributed by atoms with Gasteiger partial charge in [-0.25, -0.2) is 9.59 Å². The standard InChI is InChI=1S/C52H52O7/c1-32(2)42-23-20-36-19-21-40-29-38(18-17-35-14-11-15-37(27-35)26-34-12-7-6-8-13-34)30-45(53)56-48-46-44(24-22-41-31-43(33(3)4)51(55)57-47(41)46)59-52(5,49(48)58-50(42)54)25-10-9-16-39(40)28-36/h6-8,11-15,19,21-22,24,27-28,31,33,38,48-49H,16-18,20,23,25-26,29-30H2,1-5H3. The zero-order chi connectivity index (χ0) is 41.3. The number of fused-ring (bicyclic) bond motifs is 7. The van der Waals surface area contributed by atoms with Gasteiger partial charge in [0, 0.05) is 29.4 Å². The van der Waals surface area contributed by atoms with E-state index in [9.17, 15) is 14.4 Å². The molecule has 302 valence electrons. The number of carbonyl (C=O) groups is 2. The van der Waals surface area contributed by atoms with Crippen LogP contribution in [0.15, 0.2) is 111 Å². The molecule has 4 heterocycles. The maximum Gasteiger partial charge on any atom is 0.339 e. The molecule has 59 heavy (non-hydrogen) atoms. The molecule has 0 saturated carbocycles. The van der Waals surface area contributed by atoms with Crippen molar-refractivity contribution in [2.24, 2.45) is 5.92 Å². The lowest BCUT2D eigenvalue weighted by Gasteiger charge is -2.44. The van der Waals surface area contributed by atoms with E-state index in [1.165, 1.54) is 16.7 Å². The van der Waals surface area contributed by atoms with E-state index >= 15 is 0 Å². The van der Waals surface area contributed by atoms with Gasteiger partial charge in [0.1, 0.15) is 11.3 Å². The number of hydrogen-bond acceptors (Lipinski definition) is 7. The van der Waals surface area contributed by atoms with Crippen LogP contribution in [0.25, 0.3) is 11.0 Å². The van der Waals surface area contributed by atoms with Crippen molar-refractivity contribution in [3.05, 3.63) is 157 Å². The van der Waals surface area contributed by atoms with E-state index in [-0.39, 0.29) is 30.3 Å². The molecule has 3 aliphatic rings. The highest BCUT2D eigenvalue weighted by atomic mass is 16.6. The molecule has 4 atom stereocenters. The van der Waals surface area contributed by atoms with Gasteiger partial charge in [0.15, 0.2) is 17.8 Å². The lowest BCUT2D eigenvalue weighted by atomic mass is 9.83. The smallest absolute Gasteiger partial charge is 0.339 e. The van der Waals surface area contributed by atoms with Crippen LogP contribution in [0.4, 0.5) is 0 Å².